The van der Waals surface area contributed by atoms with E-state index in [2.05, 4.69) is 56.1 Å². The van der Waals surface area contributed by atoms with Crippen LogP contribution < -0.4 is 10.1 Å². The largest absolute Gasteiger partial charge is 0.494 e. The molecule has 0 unspecified atom stereocenters. The van der Waals surface area contributed by atoms with Crippen LogP contribution in [0.15, 0.2) is 18.2 Å². The molecule has 23 heavy (non-hydrogen) atoms. The van der Waals surface area contributed by atoms with Gasteiger partial charge < -0.3 is 15.0 Å². The average Bonchev–Trinajstić information content (AvgIpc) is 2.53. The Morgan fingerprint density at radius 2 is 1.87 bits per heavy atom. The molecule has 1 heterocycles. The van der Waals surface area contributed by atoms with Gasteiger partial charge in [-0.1, -0.05) is 32.9 Å². The number of unbranched alkanes of at least 4 members (excludes halogenated alkanes) is 1. The molecule has 1 saturated heterocycles. The zero-order valence-electron chi connectivity index (χ0n) is 15.5. The highest BCUT2D eigenvalue weighted by Gasteiger charge is 2.16. The van der Waals surface area contributed by atoms with E-state index < -0.39 is 0 Å². The van der Waals surface area contributed by atoms with E-state index >= 15 is 0 Å². The van der Waals surface area contributed by atoms with E-state index in [1.807, 2.05) is 0 Å². The monoisotopic (exact) mass is 318 g/mol. The molecule has 1 fully saturated rings. The van der Waals surface area contributed by atoms with Gasteiger partial charge in [-0.05, 0) is 55.3 Å². The molecule has 0 bridgehead atoms. The minimum Gasteiger partial charge on any atom is -0.494 e. The third-order valence-electron chi connectivity index (χ3n) is 4.61. The molecule has 0 spiro atoms. The predicted octanol–water partition coefficient (Wildman–Crippen LogP) is 3.61. The van der Waals surface area contributed by atoms with Gasteiger partial charge in [0.1, 0.15) is 5.75 Å². The number of hydrogen-bond acceptors (Lipinski definition) is 3. The molecule has 1 N–H and O–H groups in total. The summed E-state index contributed by atoms with van der Waals surface area (Å²) in [7, 11) is 0. The molecule has 130 valence electrons. The Kier molecular flexibility index (Phi) is 6.91. The van der Waals surface area contributed by atoms with Gasteiger partial charge in [0, 0.05) is 26.2 Å². The number of nitrogens with one attached hydrogen (secondary N) is 1. The van der Waals surface area contributed by atoms with Crippen molar-refractivity contribution in [2.45, 2.75) is 52.4 Å². The smallest absolute Gasteiger partial charge is 0.122 e. The molecule has 2 rings (SSSR count). The molecule has 1 aliphatic heterocycles. The summed E-state index contributed by atoms with van der Waals surface area (Å²) >= 11 is 0. The first-order chi connectivity index (χ1) is 11.0. The fraction of sp³-hybridized carbons (Fsp3) is 0.700. The molecule has 1 aromatic rings. The maximum absolute atomic E-state index is 5.83. The molecule has 0 atom stereocenters. The molecule has 0 radical (unpaired) electrons. The second-order valence-electron chi connectivity index (χ2n) is 7.55. The summed E-state index contributed by atoms with van der Waals surface area (Å²) in [6.45, 7) is 15.5. The van der Waals surface area contributed by atoms with E-state index in [1.54, 1.807) is 0 Å². The van der Waals surface area contributed by atoms with Gasteiger partial charge in [0.25, 0.3) is 0 Å². The van der Waals surface area contributed by atoms with Crippen molar-refractivity contribution >= 4 is 0 Å². The first-order valence-corrected chi connectivity index (χ1v) is 9.20. The Morgan fingerprint density at radius 3 is 2.52 bits per heavy atom. The van der Waals surface area contributed by atoms with Crippen LogP contribution in [-0.4, -0.2) is 44.2 Å². The first kappa shape index (κ1) is 18.3. The lowest BCUT2D eigenvalue weighted by atomic mass is 9.85. The van der Waals surface area contributed by atoms with E-state index in [-0.39, 0.29) is 5.41 Å². The summed E-state index contributed by atoms with van der Waals surface area (Å²) in [6.07, 6.45) is 3.62. The molecule has 0 saturated carbocycles. The van der Waals surface area contributed by atoms with Crippen molar-refractivity contribution in [3.8, 4) is 5.75 Å². The number of piperazine rings is 1. The highest BCUT2D eigenvalue weighted by Crippen LogP contribution is 2.29. The molecule has 3 nitrogen and oxygen atoms in total. The van der Waals surface area contributed by atoms with E-state index in [4.69, 9.17) is 4.74 Å². The third-order valence-corrected chi connectivity index (χ3v) is 4.61. The molecule has 0 aromatic heterocycles. The van der Waals surface area contributed by atoms with Crippen molar-refractivity contribution < 1.29 is 4.74 Å². The fourth-order valence-corrected chi connectivity index (χ4v) is 3.12. The highest BCUT2D eigenvalue weighted by molar-refractivity contribution is 5.39. The van der Waals surface area contributed by atoms with E-state index in [0.29, 0.717) is 0 Å². The van der Waals surface area contributed by atoms with Crippen LogP contribution in [0.4, 0.5) is 0 Å². The molecular formula is C20H34N2O. The zero-order chi connectivity index (χ0) is 16.7. The summed E-state index contributed by atoms with van der Waals surface area (Å²) in [5.74, 6) is 1.07. The lowest BCUT2D eigenvalue weighted by molar-refractivity contribution is 0.236. The number of aryl methyl sites for hydroxylation is 1. The lowest BCUT2D eigenvalue weighted by Crippen LogP contribution is -2.43. The second-order valence-corrected chi connectivity index (χ2v) is 7.55. The maximum atomic E-state index is 5.83. The Balaban J connectivity index is 1.90. The Morgan fingerprint density at radius 1 is 1.13 bits per heavy atom. The van der Waals surface area contributed by atoms with Crippen LogP contribution in [0.2, 0.25) is 0 Å². The van der Waals surface area contributed by atoms with E-state index in [0.717, 1.165) is 31.9 Å². The van der Waals surface area contributed by atoms with Gasteiger partial charge in [0.15, 0.2) is 0 Å². The fourth-order valence-electron chi connectivity index (χ4n) is 3.12. The van der Waals surface area contributed by atoms with Gasteiger partial charge in [0.05, 0.1) is 6.61 Å². The third kappa shape index (κ3) is 5.82. The number of nitrogens with zero attached hydrogens (tertiary/aromatic N) is 1. The van der Waals surface area contributed by atoms with Crippen molar-refractivity contribution in [1.82, 2.24) is 10.2 Å². The van der Waals surface area contributed by atoms with Crippen molar-refractivity contribution in [2.24, 2.45) is 0 Å². The van der Waals surface area contributed by atoms with Crippen LogP contribution >= 0.6 is 0 Å². The number of ether oxygens (including phenoxy) is 1. The normalized spacial score (nSPS) is 16.5. The van der Waals surface area contributed by atoms with Gasteiger partial charge in [-0.3, -0.25) is 0 Å². The van der Waals surface area contributed by atoms with Crippen LogP contribution in [0, 0.1) is 0 Å². The molecule has 3 heteroatoms. The zero-order valence-corrected chi connectivity index (χ0v) is 15.5. The molecule has 0 amide bonds. The van der Waals surface area contributed by atoms with E-state index in [9.17, 15) is 0 Å². The molecule has 1 aromatic carbocycles. The van der Waals surface area contributed by atoms with Gasteiger partial charge in [-0.25, -0.2) is 0 Å². The van der Waals surface area contributed by atoms with Crippen molar-refractivity contribution in [2.75, 3.05) is 39.3 Å². The number of rotatable bonds is 7. The van der Waals surface area contributed by atoms with Gasteiger partial charge in [-0.15, -0.1) is 0 Å². The predicted molar refractivity (Wildman–Crippen MR) is 98.6 cm³/mol. The number of benzene rings is 1. The average molecular weight is 319 g/mol. The summed E-state index contributed by atoms with van der Waals surface area (Å²) in [4.78, 5) is 2.57. The van der Waals surface area contributed by atoms with Gasteiger partial charge >= 0.3 is 0 Å². The molecule has 1 aliphatic rings. The Labute approximate surface area is 142 Å². The highest BCUT2D eigenvalue weighted by atomic mass is 16.5. The SMILES string of the molecule is CCOc1ccc(C(C)(C)C)cc1CCCCN1CCNCC1. The summed E-state index contributed by atoms with van der Waals surface area (Å²) < 4.78 is 5.83. The van der Waals surface area contributed by atoms with Crippen LogP contribution in [0.1, 0.15) is 51.7 Å². The van der Waals surface area contributed by atoms with Crippen LogP contribution in [0.3, 0.4) is 0 Å². The summed E-state index contributed by atoms with van der Waals surface area (Å²) in [5, 5.41) is 3.41. The van der Waals surface area contributed by atoms with Crippen LogP contribution in [0.25, 0.3) is 0 Å². The standard InChI is InChI=1S/C20H34N2O/c1-5-23-19-10-9-18(20(2,3)4)16-17(19)8-6-7-13-22-14-11-21-12-15-22/h9-10,16,21H,5-8,11-15H2,1-4H3. The van der Waals surface area contributed by atoms with Crippen molar-refractivity contribution in [3.05, 3.63) is 29.3 Å². The van der Waals surface area contributed by atoms with Crippen LogP contribution in [0.5, 0.6) is 5.75 Å². The number of hydrogen-bond donors (Lipinski definition) is 1. The minimum atomic E-state index is 0.195. The Hall–Kier alpha value is -1.06. The van der Waals surface area contributed by atoms with Gasteiger partial charge in [-0.2, -0.15) is 0 Å². The van der Waals surface area contributed by atoms with Crippen molar-refractivity contribution in [1.29, 1.82) is 0 Å². The van der Waals surface area contributed by atoms with E-state index in [1.165, 1.54) is 43.6 Å². The van der Waals surface area contributed by atoms with Gasteiger partial charge in [0.2, 0.25) is 0 Å². The molecule has 0 aliphatic carbocycles. The first-order valence-electron chi connectivity index (χ1n) is 9.20. The quantitative estimate of drug-likeness (QED) is 0.777. The topological polar surface area (TPSA) is 24.5 Å². The van der Waals surface area contributed by atoms with Crippen molar-refractivity contribution in [3.63, 3.8) is 0 Å². The second kappa shape index (κ2) is 8.70. The van der Waals surface area contributed by atoms with Crippen LogP contribution in [-0.2, 0) is 11.8 Å². The summed E-state index contributed by atoms with van der Waals surface area (Å²) in [5.41, 5.74) is 2.97. The Bertz CT molecular complexity index is 473. The summed E-state index contributed by atoms with van der Waals surface area (Å²) in [6, 6.07) is 6.74. The minimum absolute atomic E-state index is 0.195. The maximum Gasteiger partial charge on any atom is 0.122 e. The molecular weight excluding hydrogens is 284 g/mol. The lowest BCUT2D eigenvalue weighted by Gasteiger charge is -2.27.